The molecule has 0 aliphatic heterocycles. The van der Waals surface area contributed by atoms with Gasteiger partial charge in [0.2, 0.25) is 0 Å². The second-order valence-corrected chi connectivity index (χ2v) is 5.80. The first-order valence-corrected chi connectivity index (χ1v) is 10.2. The minimum Gasteiger partial charge on any atom is -0.388 e. The molecule has 0 amide bonds. The summed E-state index contributed by atoms with van der Waals surface area (Å²) in [4.78, 5) is 13.7. The molecular formula is C26H58N6. The Labute approximate surface area is 202 Å². The molecule has 0 aromatic carbocycles. The summed E-state index contributed by atoms with van der Waals surface area (Å²) in [5.74, 6) is 1.26. The molecule has 0 spiro atoms. The van der Waals surface area contributed by atoms with Gasteiger partial charge in [-0.1, -0.05) is 37.1 Å². The van der Waals surface area contributed by atoms with E-state index in [1.54, 1.807) is 54.2 Å². The topological polar surface area (TPSA) is 101 Å². The van der Waals surface area contributed by atoms with Gasteiger partial charge < -0.3 is 21.5 Å². The maximum Gasteiger partial charge on any atom is 0.0902 e. The van der Waals surface area contributed by atoms with Crippen molar-refractivity contribution in [3.8, 4) is 0 Å². The van der Waals surface area contributed by atoms with Gasteiger partial charge in [-0.05, 0) is 67.8 Å². The molecular weight excluding hydrogens is 396 g/mol. The third-order valence-electron chi connectivity index (χ3n) is 1.91. The predicted molar refractivity (Wildman–Crippen MR) is 159 cm³/mol. The van der Waals surface area contributed by atoms with Crippen molar-refractivity contribution in [1.82, 2.24) is 0 Å². The zero-order chi connectivity index (χ0) is 28.0. The molecule has 0 unspecified atom stereocenters. The number of hydrogen-bond acceptors (Lipinski definition) is 4. The van der Waals surface area contributed by atoms with Gasteiger partial charge in [-0.15, -0.1) is 26.3 Å². The fourth-order valence-corrected chi connectivity index (χ4v) is 0. The van der Waals surface area contributed by atoms with Crippen molar-refractivity contribution >= 4 is 25.1 Å². The number of allylic oxidation sites excluding steroid dienone is 4. The lowest BCUT2D eigenvalue weighted by Gasteiger charge is -1.79. The lowest BCUT2D eigenvalue weighted by molar-refractivity contribution is 1.11. The summed E-state index contributed by atoms with van der Waals surface area (Å²) < 4.78 is 0. The van der Waals surface area contributed by atoms with Crippen LogP contribution >= 0.6 is 0 Å². The maximum absolute atomic E-state index is 5.04. The van der Waals surface area contributed by atoms with Crippen molar-refractivity contribution < 1.29 is 0 Å². The summed E-state index contributed by atoms with van der Waals surface area (Å²) in [6.45, 7) is 35.8. The van der Waals surface area contributed by atoms with E-state index in [0.29, 0.717) is 11.7 Å². The Morgan fingerprint density at radius 2 is 0.719 bits per heavy atom. The molecule has 0 aromatic heterocycles. The number of amidine groups is 2. The van der Waals surface area contributed by atoms with Gasteiger partial charge in [-0.25, -0.2) is 0 Å². The van der Waals surface area contributed by atoms with Gasteiger partial charge in [0.05, 0.1) is 11.7 Å². The normalized spacial score (nSPS) is 7.75. The second kappa shape index (κ2) is 70.5. The van der Waals surface area contributed by atoms with Crippen molar-refractivity contribution in [2.75, 3.05) is 28.2 Å². The minimum atomic E-state index is 0.630. The van der Waals surface area contributed by atoms with E-state index in [4.69, 9.17) is 11.5 Å². The van der Waals surface area contributed by atoms with Gasteiger partial charge >= 0.3 is 0 Å². The van der Waals surface area contributed by atoms with Gasteiger partial charge in [0, 0.05) is 28.2 Å². The van der Waals surface area contributed by atoms with Gasteiger partial charge in [-0.3, -0.25) is 9.98 Å². The van der Waals surface area contributed by atoms with Crippen LogP contribution in [0.3, 0.4) is 0 Å². The first-order chi connectivity index (χ1) is 14.7. The van der Waals surface area contributed by atoms with E-state index in [-0.39, 0.29) is 0 Å². The van der Waals surface area contributed by atoms with Crippen LogP contribution in [-0.2, 0) is 0 Å². The molecule has 192 valence electrons. The Kier molecular flexibility index (Phi) is 114. The third-order valence-corrected chi connectivity index (χ3v) is 1.91. The van der Waals surface area contributed by atoms with Crippen molar-refractivity contribution in [1.29, 1.82) is 0 Å². The van der Waals surface area contributed by atoms with Crippen LogP contribution < -0.4 is 11.5 Å². The molecule has 0 aliphatic rings. The third kappa shape index (κ3) is 683. The highest BCUT2D eigenvalue weighted by Crippen LogP contribution is 1.89. The van der Waals surface area contributed by atoms with Crippen LogP contribution in [-0.4, -0.2) is 53.3 Å². The van der Waals surface area contributed by atoms with Crippen LogP contribution in [0.4, 0.5) is 0 Å². The van der Waals surface area contributed by atoms with Crippen molar-refractivity contribution in [2.24, 2.45) is 31.4 Å². The summed E-state index contributed by atoms with van der Waals surface area (Å²) >= 11 is 0. The van der Waals surface area contributed by atoms with E-state index in [9.17, 15) is 0 Å². The molecule has 0 atom stereocenters. The average Bonchev–Trinajstić information content (AvgIpc) is 2.71. The first kappa shape index (κ1) is 51.7. The largest absolute Gasteiger partial charge is 0.388 e. The second-order valence-electron chi connectivity index (χ2n) is 5.80. The highest BCUT2D eigenvalue weighted by Gasteiger charge is 1.68. The molecule has 0 saturated carbocycles. The fraction of sp³-hybridized carbons (Fsp3) is 0.538. The van der Waals surface area contributed by atoms with Crippen molar-refractivity contribution in [2.45, 2.75) is 68.2 Å². The molecule has 4 N–H and O–H groups in total. The molecule has 0 fully saturated rings. The van der Waals surface area contributed by atoms with E-state index >= 15 is 0 Å². The lowest BCUT2D eigenvalue weighted by atomic mass is 10.3. The van der Waals surface area contributed by atoms with Crippen LogP contribution in [0.25, 0.3) is 0 Å². The number of nitrogens with two attached hydrogens (primary N) is 2. The number of rotatable bonds is 2. The summed E-state index contributed by atoms with van der Waals surface area (Å²) in [6, 6.07) is 0. The Morgan fingerprint density at radius 1 is 0.656 bits per heavy atom. The Bertz CT molecular complexity index is 385. The van der Waals surface area contributed by atoms with Crippen LogP contribution in [0.2, 0.25) is 0 Å². The van der Waals surface area contributed by atoms with E-state index in [2.05, 4.69) is 73.6 Å². The summed E-state index contributed by atoms with van der Waals surface area (Å²) in [7, 11) is 6.60. The standard InChI is InChI=1S/2C5H10.2C3H8N2.2C3H6.2C2H5N/c2*1-4-5(2)3;2*1-3(4)5-2;4*1-3-2/h2*2,4H2,1,3H3;2*1-2H3,(H2,4,5);2*3H,1H2,2H3;2*1H2,2H3. The van der Waals surface area contributed by atoms with Crippen LogP contribution in [0.5, 0.6) is 0 Å². The molecule has 6 nitrogen and oxygen atoms in total. The molecule has 0 rings (SSSR count). The fourth-order valence-electron chi connectivity index (χ4n) is 0. The van der Waals surface area contributed by atoms with E-state index < -0.39 is 0 Å². The molecule has 0 bridgehead atoms. The maximum atomic E-state index is 5.04. The Hall–Kier alpha value is -2.76. The highest BCUT2D eigenvalue weighted by molar-refractivity contribution is 5.77. The van der Waals surface area contributed by atoms with Gasteiger partial charge in [-0.2, -0.15) is 0 Å². The van der Waals surface area contributed by atoms with Gasteiger partial charge in [0.1, 0.15) is 0 Å². The zero-order valence-electron chi connectivity index (χ0n) is 23.8. The molecule has 6 heteroatoms. The smallest absolute Gasteiger partial charge is 0.0902 e. The molecule has 0 aliphatic carbocycles. The molecule has 0 radical (unpaired) electrons. The monoisotopic (exact) mass is 454 g/mol. The van der Waals surface area contributed by atoms with Crippen molar-refractivity contribution in [3.05, 3.63) is 49.6 Å². The van der Waals surface area contributed by atoms with Gasteiger partial charge in [0.15, 0.2) is 0 Å². The highest BCUT2D eigenvalue weighted by atomic mass is 14.8. The summed E-state index contributed by atoms with van der Waals surface area (Å²) in [5.41, 5.74) is 12.6. The number of aliphatic imine (C=N–C) groups is 4. The molecule has 0 heterocycles. The van der Waals surface area contributed by atoms with Crippen molar-refractivity contribution in [3.63, 3.8) is 0 Å². The molecule has 0 aromatic rings. The first-order valence-electron chi connectivity index (χ1n) is 10.2. The minimum absolute atomic E-state index is 0.630. The molecule has 0 saturated heterocycles. The van der Waals surface area contributed by atoms with E-state index in [1.165, 1.54) is 11.1 Å². The Balaban J connectivity index is -0.0000000347. The quantitative estimate of drug-likeness (QED) is 0.268. The lowest BCUT2D eigenvalue weighted by Crippen LogP contribution is -2.03. The number of nitrogens with zero attached hydrogens (tertiary/aromatic N) is 4. The van der Waals surface area contributed by atoms with Crippen LogP contribution in [0.1, 0.15) is 68.2 Å². The SMILES string of the molecule is C=C(C)CC.C=C(C)CC.C=CC.C=CC.C=NC.C=NC.CN=C(C)N.CN=C(C)N. The average molecular weight is 455 g/mol. The predicted octanol–water partition coefficient (Wildman–Crippen LogP) is 6.95. The Morgan fingerprint density at radius 3 is 0.719 bits per heavy atom. The van der Waals surface area contributed by atoms with Crippen LogP contribution in [0.15, 0.2) is 69.6 Å². The molecule has 32 heavy (non-hydrogen) atoms. The summed E-state index contributed by atoms with van der Waals surface area (Å²) in [6.07, 6.45) is 5.72. The zero-order valence-corrected chi connectivity index (χ0v) is 23.8. The van der Waals surface area contributed by atoms with E-state index in [1.807, 2.05) is 27.7 Å². The summed E-state index contributed by atoms with van der Waals surface area (Å²) in [5, 5.41) is 0. The number of hydrogen-bond donors (Lipinski definition) is 2. The van der Waals surface area contributed by atoms with Crippen LogP contribution in [0, 0.1) is 0 Å². The van der Waals surface area contributed by atoms with E-state index in [0.717, 1.165) is 12.8 Å². The van der Waals surface area contributed by atoms with Gasteiger partial charge in [0.25, 0.3) is 0 Å².